The van der Waals surface area contributed by atoms with E-state index in [1.807, 2.05) is 60.7 Å². The van der Waals surface area contributed by atoms with E-state index in [9.17, 15) is 9.90 Å². The Kier molecular flexibility index (Phi) is 4.72. The summed E-state index contributed by atoms with van der Waals surface area (Å²) in [6.45, 7) is 0. The number of hydrogen-bond donors (Lipinski definition) is 1. The SMILES string of the molecule is O=C(Oc1ccc(O)cn1)OC(c1ccccc1)c1ccccc1. The van der Waals surface area contributed by atoms with Crippen LogP contribution in [0.2, 0.25) is 0 Å². The summed E-state index contributed by atoms with van der Waals surface area (Å²) in [4.78, 5) is 15.9. The standard InChI is InChI=1S/C19H15NO4/c21-16-11-12-17(20-13-16)23-19(22)24-18(14-7-3-1-4-8-14)15-9-5-2-6-10-15/h1-13,18,21H. The Morgan fingerprint density at radius 1 is 0.875 bits per heavy atom. The first-order chi connectivity index (χ1) is 11.7. The highest BCUT2D eigenvalue weighted by molar-refractivity contribution is 5.64. The number of hydrogen-bond acceptors (Lipinski definition) is 5. The molecule has 5 heteroatoms. The normalized spacial score (nSPS) is 10.4. The first-order valence-electron chi connectivity index (χ1n) is 7.36. The number of aromatic nitrogens is 1. The average Bonchev–Trinajstić information content (AvgIpc) is 2.63. The van der Waals surface area contributed by atoms with Crippen LogP contribution in [0.4, 0.5) is 4.79 Å². The molecule has 3 rings (SSSR count). The average molecular weight is 321 g/mol. The van der Waals surface area contributed by atoms with Crippen LogP contribution < -0.4 is 4.74 Å². The van der Waals surface area contributed by atoms with Gasteiger partial charge in [0.2, 0.25) is 5.88 Å². The lowest BCUT2D eigenvalue weighted by Gasteiger charge is -2.18. The van der Waals surface area contributed by atoms with Gasteiger partial charge in [-0.15, -0.1) is 0 Å². The minimum atomic E-state index is -0.870. The zero-order valence-corrected chi connectivity index (χ0v) is 12.7. The van der Waals surface area contributed by atoms with E-state index in [0.717, 1.165) is 11.1 Å². The maximum Gasteiger partial charge on any atom is 0.516 e. The highest BCUT2D eigenvalue weighted by atomic mass is 16.7. The molecule has 0 saturated heterocycles. The van der Waals surface area contributed by atoms with E-state index in [-0.39, 0.29) is 11.6 Å². The van der Waals surface area contributed by atoms with Crippen molar-refractivity contribution in [3.8, 4) is 11.6 Å². The van der Waals surface area contributed by atoms with Crippen molar-refractivity contribution in [1.29, 1.82) is 0 Å². The maximum atomic E-state index is 12.1. The van der Waals surface area contributed by atoms with Gasteiger partial charge in [0.1, 0.15) is 5.75 Å². The summed E-state index contributed by atoms with van der Waals surface area (Å²) in [6.07, 6.45) is -0.267. The largest absolute Gasteiger partial charge is 0.516 e. The lowest BCUT2D eigenvalue weighted by atomic mass is 10.0. The molecule has 0 amide bonds. The summed E-state index contributed by atoms with van der Waals surface area (Å²) in [6, 6.07) is 21.6. The number of carbonyl (C=O) groups is 1. The van der Waals surface area contributed by atoms with E-state index in [2.05, 4.69) is 4.98 Å². The molecule has 0 bridgehead atoms. The maximum absolute atomic E-state index is 12.1. The summed E-state index contributed by atoms with van der Waals surface area (Å²) in [5.41, 5.74) is 1.67. The second kappa shape index (κ2) is 7.28. The molecule has 0 aliphatic rings. The third-order valence-electron chi connectivity index (χ3n) is 3.33. The van der Waals surface area contributed by atoms with Crippen LogP contribution in [-0.2, 0) is 4.74 Å². The molecule has 1 heterocycles. The molecule has 3 aromatic rings. The van der Waals surface area contributed by atoms with Crippen LogP contribution in [0.25, 0.3) is 0 Å². The van der Waals surface area contributed by atoms with Crippen molar-refractivity contribution in [3.05, 3.63) is 90.1 Å². The van der Waals surface area contributed by atoms with Gasteiger partial charge in [0.15, 0.2) is 6.10 Å². The number of pyridine rings is 1. The second-order valence-electron chi connectivity index (χ2n) is 5.03. The van der Waals surface area contributed by atoms with E-state index < -0.39 is 12.3 Å². The fourth-order valence-corrected chi connectivity index (χ4v) is 2.22. The molecule has 0 saturated carbocycles. The van der Waals surface area contributed by atoms with Crippen molar-refractivity contribution >= 4 is 6.16 Å². The third-order valence-corrected chi connectivity index (χ3v) is 3.33. The molecule has 0 aliphatic carbocycles. The van der Waals surface area contributed by atoms with Crippen LogP contribution in [-0.4, -0.2) is 16.2 Å². The number of nitrogens with zero attached hydrogens (tertiary/aromatic N) is 1. The summed E-state index contributed by atoms with van der Waals surface area (Å²) in [5.74, 6) is 0.0415. The van der Waals surface area contributed by atoms with Crippen LogP contribution in [0.1, 0.15) is 17.2 Å². The number of rotatable bonds is 4. The van der Waals surface area contributed by atoms with Crippen molar-refractivity contribution in [2.45, 2.75) is 6.10 Å². The lowest BCUT2D eigenvalue weighted by Crippen LogP contribution is -2.16. The molecule has 0 spiro atoms. The summed E-state index contributed by atoms with van der Waals surface area (Å²) < 4.78 is 10.6. The fraction of sp³-hybridized carbons (Fsp3) is 0.0526. The van der Waals surface area contributed by atoms with Gasteiger partial charge in [0, 0.05) is 6.07 Å². The predicted octanol–water partition coefficient (Wildman–Crippen LogP) is 4.09. The lowest BCUT2D eigenvalue weighted by molar-refractivity contribution is 0.0719. The Balaban J connectivity index is 1.79. The van der Waals surface area contributed by atoms with E-state index in [1.165, 1.54) is 18.3 Å². The Morgan fingerprint density at radius 3 is 1.96 bits per heavy atom. The molecule has 0 radical (unpaired) electrons. The first kappa shape index (κ1) is 15.6. The van der Waals surface area contributed by atoms with Crippen molar-refractivity contribution in [3.63, 3.8) is 0 Å². The van der Waals surface area contributed by atoms with Gasteiger partial charge in [0.05, 0.1) is 6.20 Å². The first-order valence-corrected chi connectivity index (χ1v) is 7.36. The molecule has 2 aromatic carbocycles. The van der Waals surface area contributed by atoms with Crippen molar-refractivity contribution in [2.24, 2.45) is 0 Å². The third kappa shape index (κ3) is 3.89. The van der Waals surface area contributed by atoms with Crippen LogP contribution in [0.15, 0.2) is 79.0 Å². The number of carbonyl (C=O) groups excluding carboxylic acids is 1. The Morgan fingerprint density at radius 2 is 1.46 bits per heavy atom. The van der Waals surface area contributed by atoms with Crippen LogP contribution in [0, 0.1) is 0 Å². The van der Waals surface area contributed by atoms with Crippen LogP contribution >= 0.6 is 0 Å². The van der Waals surface area contributed by atoms with Gasteiger partial charge >= 0.3 is 6.16 Å². The number of aromatic hydroxyl groups is 1. The monoisotopic (exact) mass is 321 g/mol. The van der Waals surface area contributed by atoms with Gasteiger partial charge in [-0.2, -0.15) is 0 Å². The van der Waals surface area contributed by atoms with Gasteiger partial charge in [0.25, 0.3) is 0 Å². The smallest absolute Gasteiger partial charge is 0.506 e. The topological polar surface area (TPSA) is 68.7 Å². The fourth-order valence-electron chi connectivity index (χ4n) is 2.22. The Hall–Kier alpha value is -3.34. The van der Waals surface area contributed by atoms with Crippen molar-refractivity contribution in [2.75, 3.05) is 0 Å². The zero-order chi connectivity index (χ0) is 16.8. The molecule has 1 aromatic heterocycles. The molecule has 0 unspecified atom stereocenters. The van der Waals surface area contributed by atoms with Crippen LogP contribution in [0.3, 0.4) is 0 Å². The molecular formula is C19H15NO4. The van der Waals surface area contributed by atoms with Gasteiger partial charge in [-0.05, 0) is 17.2 Å². The summed E-state index contributed by atoms with van der Waals surface area (Å²) in [7, 11) is 0. The van der Waals surface area contributed by atoms with Crippen molar-refractivity contribution in [1.82, 2.24) is 4.98 Å². The molecule has 0 atom stereocenters. The summed E-state index contributed by atoms with van der Waals surface area (Å²) >= 11 is 0. The minimum Gasteiger partial charge on any atom is -0.506 e. The Bertz CT molecular complexity index is 749. The highest BCUT2D eigenvalue weighted by Gasteiger charge is 2.20. The van der Waals surface area contributed by atoms with E-state index in [4.69, 9.17) is 9.47 Å². The predicted molar refractivity (Wildman–Crippen MR) is 87.7 cm³/mol. The molecule has 0 fully saturated rings. The van der Waals surface area contributed by atoms with Gasteiger partial charge in [-0.3, -0.25) is 0 Å². The quantitative estimate of drug-likeness (QED) is 0.733. The second-order valence-corrected chi connectivity index (χ2v) is 5.03. The highest BCUT2D eigenvalue weighted by Crippen LogP contribution is 2.26. The molecule has 0 aliphatic heterocycles. The molecule has 1 N–H and O–H groups in total. The number of ether oxygens (including phenoxy) is 2. The van der Waals surface area contributed by atoms with Gasteiger partial charge in [-0.1, -0.05) is 60.7 Å². The zero-order valence-electron chi connectivity index (χ0n) is 12.7. The van der Waals surface area contributed by atoms with E-state index in [1.54, 1.807) is 0 Å². The van der Waals surface area contributed by atoms with Gasteiger partial charge in [-0.25, -0.2) is 9.78 Å². The summed E-state index contributed by atoms with van der Waals surface area (Å²) in [5, 5.41) is 9.20. The molecule has 120 valence electrons. The molecule has 24 heavy (non-hydrogen) atoms. The molecule has 5 nitrogen and oxygen atoms in total. The minimum absolute atomic E-state index is 0.0119. The van der Waals surface area contributed by atoms with Crippen molar-refractivity contribution < 1.29 is 19.4 Å². The van der Waals surface area contributed by atoms with Gasteiger partial charge < -0.3 is 14.6 Å². The molecular weight excluding hydrogens is 306 g/mol. The van der Waals surface area contributed by atoms with E-state index in [0.29, 0.717) is 0 Å². The Labute approximate surface area is 139 Å². The number of benzene rings is 2. The van der Waals surface area contributed by atoms with Crippen LogP contribution in [0.5, 0.6) is 11.6 Å². The van der Waals surface area contributed by atoms with E-state index >= 15 is 0 Å².